The van der Waals surface area contributed by atoms with E-state index in [1.54, 1.807) is 16.0 Å². The maximum Gasteiger partial charge on any atom is 0.345 e. The van der Waals surface area contributed by atoms with Gasteiger partial charge in [-0.15, -0.1) is 17.9 Å². The SMILES string of the molecule is C=CCON1C(=O)N2Cc3c(sc4c3CCCC4)C1C2. The minimum atomic E-state index is 0.00445. The molecule has 1 fully saturated rings. The number of hydrogen-bond acceptors (Lipinski definition) is 3. The summed E-state index contributed by atoms with van der Waals surface area (Å²) in [5.41, 5.74) is 2.95. The van der Waals surface area contributed by atoms with Crippen LogP contribution in [0.1, 0.15) is 39.8 Å². The Hall–Kier alpha value is -1.33. The van der Waals surface area contributed by atoms with Crippen LogP contribution in [0.25, 0.3) is 0 Å². The van der Waals surface area contributed by atoms with Crippen LogP contribution in [0.15, 0.2) is 12.7 Å². The molecule has 0 saturated carbocycles. The first-order chi connectivity index (χ1) is 9.79. The molecule has 0 spiro atoms. The van der Waals surface area contributed by atoms with Gasteiger partial charge in [0, 0.05) is 16.3 Å². The summed E-state index contributed by atoms with van der Waals surface area (Å²) >= 11 is 1.91. The minimum absolute atomic E-state index is 0.00445. The van der Waals surface area contributed by atoms with Crippen molar-refractivity contribution >= 4 is 17.4 Å². The van der Waals surface area contributed by atoms with Gasteiger partial charge in [-0.2, -0.15) is 5.06 Å². The Kier molecular flexibility index (Phi) is 2.86. The fourth-order valence-electron chi connectivity index (χ4n) is 3.52. The van der Waals surface area contributed by atoms with Crippen molar-refractivity contribution in [3.05, 3.63) is 33.5 Å². The van der Waals surface area contributed by atoms with E-state index in [4.69, 9.17) is 4.84 Å². The lowest BCUT2D eigenvalue weighted by Crippen LogP contribution is -2.30. The van der Waals surface area contributed by atoms with Crippen LogP contribution in [0.4, 0.5) is 4.79 Å². The van der Waals surface area contributed by atoms with Gasteiger partial charge in [0.1, 0.15) is 6.04 Å². The number of rotatable bonds is 3. The molecule has 5 heteroatoms. The third-order valence-electron chi connectivity index (χ3n) is 4.43. The van der Waals surface area contributed by atoms with Crippen molar-refractivity contribution in [1.29, 1.82) is 0 Å². The molecule has 1 aliphatic carbocycles. The topological polar surface area (TPSA) is 32.8 Å². The summed E-state index contributed by atoms with van der Waals surface area (Å²) in [4.78, 5) is 22.7. The molecule has 4 rings (SSSR count). The summed E-state index contributed by atoms with van der Waals surface area (Å²) in [5.74, 6) is 0. The molecule has 2 aliphatic heterocycles. The number of thiophene rings is 1. The summed E-state index contributed by atoms with van der Waals surface area (Å²) in [6.45, 7) is 5.58. The molecule has 20 heavy (non-hydrogen) atoms. The van der Waals surface area contributed by atoms with Gasteiger partial charge in [0.05, 0.1) is 13.2 Å². The lowest BCUT2D eigenvalue weighted by atomic mass is 9.92. The molecule has 0 aromatic carbocycles. The molecule has 1 saturated heterocycles. The van der Waals surface area contributed by atoms with Gasteiger partial charge in [-0.25, -0.2) is 4.79 Å². The van der Waals surface area contributed by atoms with Crippen molar-refractivity contribution in [3.63, 3.8) is 0 Å². The third-order valence-corrected chi connectivity index (χ3v) is 5.87. The van der Waals surface area contributed by atoms with E-state index in [1.165, 1.54) is 41.7 Å². The number of carbonyl (C=O) groups excluding carboxylic acids is 1. The molecule has 4 nitrogen and oxygen atoms in total. The van der Waals surface area contributed by atoms with Gasteiger partial charge < -0.3 is 4.90 Å². The largest absolute Gasteiger partial charge is 0.345 e. The molecular formula is C15H18N2O2S. The third kappa shape index (κ3) is 1.66. The van der Waals surface area contributed by atoms with Crippen molar-refractivity contribution in [2.45, 2.75) is 38.3 Å². The Bertz CT molecular complexity index is 581. The smallest absolute Gasteiger partial charge is 0.316 e. The number of hydrogen-bond donors (Lipinski definition) is 0. The van der Waals surface area contributed by atoms with Gasteiger partial charge in [-0.05, 0) is 36.8 Å². The highest BCUT2D eigenvalue weighted by Crippen LogP contribution is 2.46. The van der Waals surface area contributed by atoms with E-state index < -0.39 is 0 Å². The van der Waals surface area contributed by atoms with Gasteiger partial charge in [0.25, 0.3) is 0 Å². The Morgan fingerprint density at radius 1 is 1.35 bits per heavy atom. The molecule has 1 aromatic heterocycles. The number of carbonyl (C=O) groups is 1. The summed E-state index contributed by atoms with van der Waals surface area (Å²) in [6.07, 6.45) is 6.66. The molecule has 3 aliphatic rings. The number of urea groups is 1. The van der Waals surface area contributed by atoms with E-state index in [-0.39, 0.29) is 12.1 Å². The molecular weight excluding hydrogens is 272 g/mol. The van der Waals surface area contributed by atoms with Gasteiger partial charge in [-0.3, -0.25) is 4.84 Å². The van der Waals surface area contributed by atoms with Crippen molar-refractivity contribution in [1.82, 2.24) is 9.96 Å². The molecule has 1 aromatic rings. The predicted molar refractivity (Wildman–Crippen MR) is 77.5 cm³/mol. The van der Waals surface area contributed by atoms with Crippen LogP contribution in [0, 0.1) is 0 Å². The summed E-state index contributed by atoms with van der Waals surface area (Å²) in [6, 6.07) is 0.0895. The van der Waals surface area contributed by atoms with Gasteiger partial charge >= 0.3 is 6.03 Å². The van der Waals surface area contributed by atoms with Crippen LogP contribution in [0.2, 0.25) is 0 Å². The van der Waals surface area contributed by atoms with Crippen LogP contribution < -0.4 is 0 Å². The molecule has 0 N–H and O–H groups in total. The van der Waals surface area contributed by atoms with E-state index >= 15 is 0 Å². The highest BCUT2D eigenvalue weighted by Gasteiger charge is 2.46. The zero-order valence-corrected chi connectivity index (χ0v) is 12.2. The second-order valence-electron chi connectivity index (χ2n) is 5.64. The molecule has 1 unspecified atom stereocenters. The summed E-state index contributed by atoms with van der Waals surface area (Å²) < 4.78 is 0. The Morgan fingerprint density at radius 2 is 2.20 bits per heavy atom. The van der Waals surface area contributed by atoms with Crippen molar-refractivity contribution in [3.8, 4) is 0 Å². The lowest BCUT2D eigenvalue weighted by molar-refractivity contribution is -0.118. The highest BCUT2D eigenvalue weighted by molar-refractivity contribution is 7.12. The molecule has 2 bridgehead atoms. The quantitative estimate of drug-likeness (QED) is 0.802. The maximum absolute atomic E-state index is 12.3. The Labute approximate surface area is 122 Å². The van der Waals surface area contributed by atoms with Gasteiger partial charge in [0.15, 0.2) is 0 Å². The van der Waals surface area contributed by atoms with Crippen molar-refractivity contribution in [2.24, 2.45) is 0 Å². The normalized spacial score (nSPS) is 23.8. The first-order valence-electron chi connectivity index (χ1n) is 7.25. The second kappa shape index (κ2) is 4.60. The van der Waals surface area contributed by atoms with Crippen molar-refractivity contribution < 1.29 is 9.63 Å². The number of hydroxylamine groups is 2. The average Bonchev–Trinajstić information content (AvgIpc) is 2.96. The monoisotopic (exact) mass is 290 g/mol. The molecule has 1 atom stereocenters. The first-order valence-corrected chi connectivity index (χ1v) is 8.06. The zero-order valence-electron chi connectivity index (χ0n) is 11.4. The van der Waals surface area contributed by atoms with E-state index in [0.717, 1.165) is 13.1 Å². The van der Waals surface area contributed by atoms with E-state index in [9.17, 15) is 4.79 Å². The van der Waals surface area contributed by atoms with E-state index in [1.807, 2.05) is 16.2 Å². The number of aryl methyl sites for hydroxylation is 1. The predicted octanol–water partition coefficient (Wildman–Crippen LogP) is 3.04. The minimum Gasteiger partial charge on any atom is -0.316 e. The average molecular weight is 290 g/mol. The second-order valence-corrected chi connectivity index (χ2v) is 6.78. The summed E-state index contributed by atoms with van der Waals surface area (Å²) in [5, 5.41) is 1.56. The van der Waals surface area contributed by atoms with Crippen molar-refractivity contribution in [2.75, 3.05) is 13.2 Å². The molecule has 106 valence electrons. The van der Waals surface area contributed by atoms with E-state index in [2.05, 4.69) is 6.58 Å². The standard InChI is InChI=1S/C15H18N2O2S/c1-2-7-19-17-12-9-16(15(17)18)8-11-10-5-3-4-6-13(10)20-14(11)12/h2,12H,1,3-9H2. The lowest BCUT2D eigenvalue weighted by Gasteiger charge is -2.23. The summed E-state index contributed by atoms with van der Waals surface area (Å²) in [7, 11) is 0. The highest BCUT2D eigenvalue weighted by atomic mass is 32.1. The first kappa shape index (κ1) is 12.4. The number of nitrogens with zero attached hydrogens (tertiary/aromatic N) is 2. The molecule has 3 heterocycles. The number of fused-ring (bicyclic) bond motifs is 6. The fraction of sp³-hybridized carbons (Fsp3) is 0.533. The Morgan fingerprint density at radius 3 is 3.05 bits per heavy atom. The number of amides is 2. The van der Waals surface area contributed by atoms with Crippen LogP contribution in [0.5, 0.6) is 0 Å². The maximum atomic E-state index is 12.3. The Balaban J connectivity index is 1.73. The van der Waals surface area contributed by atoms with Crippen LogP contribution in [0.3, 0.4) is 0 Å². The fourth-order valence-corrected chi connectivity index (χ4v) is 5.00. The van der Waals surface area contributed by atoms with Crippen LogP contribution in [-0.4, -0.2) is 29.1 Å². The van der Waals surface area contributed by atoms with Gasteiger partial charge in [0.2, 0.25) is 0 Å². The van der Waals surface area contributed by atoms with Crippen LogP contribution in [-0.2, 0) is 24.2 Å². The van der Waals surface area contributed by atoms with Crippen LogP contribution >= 0.6 is 11.3 Å². The molecule has 0 radical (unpaired) electrons. The molecule has 2 amide bonds. The zero-order chi connectivity index (χ0) is 13.7. The van der Waals surface area contributed by atoms with Gasteiger partial charge in [-0.1, -0.05) is 6.08 Å². The van der Waals surface area contributed by atoms with E-state index in [0.29, 0.717) is 6.61 Å².